The first-order valence-corrected chi connectivity index (χ1v) is 29.1. The molecule has 44 heavy (non-hydrogen) atoms. The van der Waals surface area contributed by atoms with Crippen LogP contribution in [0.2, 0.25) is 75.0 Å². The predicted octanol–water partition coefficient (Wildman–Crippen LogP) is 13.0. The van der Waals surface area contributed by atoms with E-state index in [1.54, 1.807) is 6.04 Å². The van der Waals surface area contributed by atoms with Gasteiger partial charge in [-0.2, -0.15) is 0 Å². The highest BCUT2D eigenvalue weighted by Gasteiger charge is 2.58. The Labute approximate surface area is 278 Å². The fourth-order valence-electron chi connectivity index (χ4n) is 9.73. The standard InChI is InChI=1S/C37H66OSi3.C3H8/c1-37(2,3)38-23-17-11-12-18-24-41(10,35-25-29(27-39(4,5)6)31-19-13-15-21-33(31)35)36-26-30(28-40(7,8)9)32-20-14-16-22-34(32)36;1-3-2/h13-16,19-22,29-36H,11-12,17-18,23-28H2,1-10H3;3H2,1-2H3. The molecule has 0 spiro atoms. The molecule has 0 radical (unpaired) electrons. The molecule has 0 aromatic rings. The van der Waals surface area contributed by atoms with Crippen molar-refractivity contribution in [3.8, 4) is 0 Å². The van der Waals surface area contributed by atoms with Crippen molar-refractivity contribution in [1.82, 2.24) is 0 Å². The van der Waals surface area contributed by atoms with Crippen molar-refractivity contribution in [3.05, 3.63) is 48.6 Å². The summed E-state index contributed by atoms with van der Waals surface area (Å²) in [5.74, 6) is 5.03. The number of rotatable bonds is 13. The van der Waals surface area contributed by atoms with Crippen LogP contribution in [0.4, 0.5) is 0 Å². The average molecular weight is 655 g/mol. The van der Waals surface area contributed by atoms with Crippen LogP contribution < -0.4 is 0 Å². The van der Waals surface area contributed by atoms with Gasteiger partial charge in [0.25, 0.3) is 0 Å². The lowest BCUT2D eigenvalue weighted by molar-refractivity contribution is -0.00471. The van der Waals surface area contributed by atoms with Crippen LogP contribution in [0.25, 0.3) is 0 Å². The highest BCUT2D eigenvalue weighted by atomic mass is 28.3. The fraction of sp³-hybridized carbons (Fsp3) is 0.800. The summed E-state index contributed by atoms with van der Waals surface area (Å²) in [5.41, 5.74) is 1.90. The average Bonchev–Trinajstić information content (AvgIpc) is 3.45. The lowest BCUT2D eigenvalue weighted by atomic mass is 9.87. The van der Waals surface area contributed by atoms with Crippen LogP contribution in [0.15, 0.2) is 48.6 Å². The molecule has 0 N–H and O–H groups in total. The second-order valence-electron chi connectivity index (χ2n) is 18.9. The van der Waals surface area contributed by atoms with Crippen LogP contribution in [0, 0.1) is 35.5 Å². The highest BCUT2D eigenvalue weighted by Crippen LogP contribution is 2.64. The summed E-state index contributed by atoms with van der Waals surface area (Å²) in [6.07, 6.45) is 30.0. The van der Waals surface area contributed by atoms with Crippen molar-refractivity contribution in [1.29, 1.82) is 0 Å². The zero-order valence-corrected chi connectivity index (χ0v) is 34.4. The van der Waals surface area contributed by atoms with Gasteiger partial charge in [-0.3, -0.25) is 0 Å². The van der Waals surface area contributed by atoms with E-state index in [1.807, 2.05) is 0 Å². The Morgan fingerprint density at radius 3 is 1.36 bits per heavy atom. The second kappa shape index (κ2) is 16.1. The van der Waals surface area contributed by atoms with Crippen LogP contribution in [0.3, 0.4) is 0 Å². The minimum absolute atomic E-state index is 0.00760. The number of fused-ring (bicyclic) bond motifs is 2. The van der Waals surface area contributed by atoms with Crippen molar-refractivity contribution in [2.24, 2.45) is 35.5 Å². The van der Waals surface area contributed by atoms with Gasteiger partial charge in [-0.15, -0.1) is 0 Å². The molecule has 0 aliphatic heterocycles. The normalized spacial score (nSPS) is 32.6. The Kier molecular flexibility index (Phi) is 13.9. The van der Waals surface area contributed by atoms with Crippen LogP contribution in [-0.2, 0) is 4.74 Å². The van der Waals surface area contributed by atoms with E-state index in [4.69, 9.17) is 4.74 Å². The molecule has 4 heteroatoms. The minimum Gasteiger partial charge on any atom is -0.376 e. The van der Waals surface area contributed by atoms with E-state index in [1.165, 1.54) is 57.0 Å². The molecule has 0 aromatic heterocycles. The third-order valence-corrected chi connectivity index (χ3v) is 20.7. The minimum atomic E-state index is -1.60. The summed E-state index contributed by atoms with van der Waals surface area (Å²) in [6, 6.07) is 4.57. The van der Waals surface area contributed by atoms with Gasteiger partial charge in [0.05, 0.1) is 13.7 Å². The molecular weight excluding hydrogens is 581 g/mol. The van der Waals surface area contributed by atoms with Crippen LogP contribution >= 0.6 is 0 Å². The molecule has 2 fully saturated rings. The van der Waals surface area contributed by atoms with Crippen LogP contribution in [0.5, 0.6) is 0 Å². The summed E-state index contributed by atoms with van der Waals surface area (Å²) in [5, 5.41) is 0. The highest BCUT2D eigenvalue weighted by molar-refractivity contribution is 6.82. The van der Waals surface area contributed by atoms with E-state index in [0.717, 1.165) is 53.2 Å². The Morgan fingerprint density at radius 2 is 0.977 bits per heavy atom. The molecule has 1 nitrogen and oxygen atoms in total. The van der Waals surface area contributed by atoms with Crippen molar-refractivity contribution in [2.75, 3.05) is 6.61 Å². The Morgan fingerprint density at radius 1 is 0.591 bits per heavy atom. The molecular formula is C40H74OSi3. The molecule has 8 atom stereocenters. The molecule has 0 aromatic carbocycles. The van der Waals surface area contributed by atoms with Gasteiger partial charge < -0.3 is 4.74 Å². The van der Waals surface area contributed by atoms with Gasteiger partial charge in [-0.1, -0.05) is 152 Å². The quantitative estimate of drug-likeness (QED) is 0.142. The molecule has 8 unspecified atom stereocenters. The Hall–Kier alpha value is -0.429. The summed E-state index contributed by atoms with van der Waals surface area (Å²) >= 11 is 0. The molecule has 2 saturated carbocycles. The van der Waals surface area contributed by atoms with E-state index in [9.17, 15) is 0 Å². The van der Waals surface area contributed by atoms with Crippen molar-refractivity contribution in [3.63, 3.8) is 0 Å². The van der Waals surface area contributed by atoms with Crippen molar-refractivity contribution < 1.29 is 4.74 Å². The maximum atomic E-state index is 6.05. The topological polar surface area (TPSA) is 9.23 Å². The lowest BCUT2D eigenvalue weighted by Crippen LogP contribution is -2.45. The van der Waals surface area contributed by atoms with E-state index in [-0.39, 0.29) is 5.60 Å². The molecule has 0 saturated heterocycles. The number of hydrogen-bond acceptors (Lipinski definition) is 1. The molecule has 252 valence electrons. The third-order valence-electron chi connectivity index (χ3n) is 11.2. The summed E-state index contributed by atoms with van der Waals surface area (Å²) in [6.45, 7) is 30.3. The molecule has 4 aliphatic rings. The Balaban J connectivity index is 0.00000169. The van der Waals surface area contributed by atoms with Crippen molar-refractivity contribution >= 4 is 24.2 Å². The van der Waals surface area contributed by atoms with Gasteiger partial charge >= 0.3 is 0 Å². The summed E-state index contributed by atoms with van der Waals surface area (Å²) in [4.78, 5) is 0. The van der Waals surface area contributed by atoms with Crippen LogP contribution in [-0.4, -0.2) is 36.4 Å². The monoisotopic (exact) mass is 655 g/mol. The number of allylic oxidation sites excluding steroid dienone is 8. The van der Waals surface area contributed by atoms with Gasteiger partial charge in [0.2, 0.25) is 0 Å². The molecule has 4 rings (SSSR count). The first kappa shape index (κ1) is 38.0. The Bertz CT molecular complexity index is 926. The summed E-state index contributed by atoms with van der Waals surface area (Å²) < 4.78 is 6.05. The number of ether oxygens (including phenoxy) is 1. The first-order chi connectivity index (χ1) is 20.5. The second-order valence-corrected chi connectivity index (χ2v) is 35.0. The molecule has 0 bridgehead atoms. The summed E-state index contributed by atoms with van der Waals surface area (Å²) in [7, 11) is -3.83. The molecule has 0 amide bonds. The smallest absolute Gasteiger partial charge is 0.0598 e. The van der Waals surface area contributed by atoms with Gasteiger partial charge in [0.1, 0.15) is 0 Å². The zero-order chi connectivity index (χ0) is 32.8. The largest absolute Gasteiger partial charge is 0.376 e. The van der Waals surface area contributed by atoms with Gasteiger partial charge in [0.15, 0.2) is 0 Å². The maximum Gasteiger partial charge on any atom is 0.0598 e. The van der Waals surface area contributed by atoms with E-state index in [0.29, 0.717) is 0 Å². The predicted molar refractivity (Wildman–Crippen MR) is 207 cm³/mol. The third kappa shape index (κ3) is 10.8. The van der Waals surface area contributed by atoms with Gasteiger partial charge in [-0.25, -0.2) is 0 Å². The van der Waals surface area contributed by atoms with Gasteiger partial charge in [0, 0.05) is 22.8 Å². The van der Waals surface area contributed by atoms with E-state index < -0.39 is 24.2 Å². The van der Waals surface area contributed by atoms with Crippen molar-refractivity contribution in [2.45, 2.75) is 160 Å². The number of hydrogen-bond donors (Lipinski definition) is 0. The van der Waals surface area contributed by atoms with E-state index >= 15 is 0 Å². The van der Waals surface area contributed by atoms with E-state index in [2.05, 4.69) is 129 Å². The fourth-order valence-corrected chi connectivity index (χ4v) is 20.2. The molecule has 0 heterocycles. The van der Waals surface area contributed by atoms with Crippen LogP contribution in [0.1, 0.15) is 79.6 Å². The molecule has 4 aliphatic carbocycles. The first-order valence-electron chi connectivity index (χ1n) is 18.8. The SMILES string of the molecule is CC(C)(C)OCCCCCC[Si](C)(C1CC(C[Si](C)(C)C)C2C=CC=CC21)C1CC(C[Si](C)(C)C)C2C=CC=CC21.CCC. The lowest BCUT2D eigenvalue weighted by Gasteiger charge is -2.45. The number of unbranched alkanes of at least 4 members (excludes halogenated alkanes) is 3. The zero-order valence-electron chi connectivity index (χ0n) is 31.4. The van der Waals surface area contributed by atoms with Gasteiger partial charge in [-0.05, 0) is 86.6 Å². The maximum absolute atomic E-state index is 6.05.